The molecule has 0 aliphatic carbocycles. The van der Waals surface area contributed by atoms with Crippen LogP contribution in [0.1, 0.15) is 41.8 Å². The first-order valence-corrected chi connectivity index (χ1v) is 8.65. The van der Waals surface area contributed by atoms with Gasteiger partial charge in [0.15, 0.2) is 0 Å². The summed E-state index contributed by atoms with van der Waals surface area (Å²) in [7, 11) is 1.41. The second-order valence-electron chi connectivity index (χ2n) is 6.34. The van der Waals surface area contributed by atoms with Crippen LogP contribution in [-0.4, -0.2) is 35.6 Å². The van der Waals surface area contributed by atoms with Crippen molar-refractivity contribution in [2.24, 2.45) is 0 Å². The van der Waals surface area contributed by atoms with Gasteiger partial charge in [0.25, 0.3) is 0 Å². The average molecular weight is 340 g/mol. The summed E-state index contributed by atoms with van der Waals surface area (Å²) in [6, 6.07) is 8.05. The first kappa shape index (κ1) is 17.2. The van der Waals surface area contributed by atoms with E-state index in [0.717, 1.165) is 31.7 Å². The Balaban J connectivity index is 1.76. The van der Waals surface area contributed by atoms with Crippen LogP contribution in [0.25, 0.3) is 0 Å². The van der Waals surface area contributed by atoms with Crippen molar-refractivity contribution >= 4 is 17.7 Å². The molecule has 0 spiro atoms. The molecule has 1 aliphatic heterocycles. The van der Waals surface area contributed by atoms with Crippen molar-refractivity contribution in [3.63, 3.8) is 0 Å². The monoisotopic (exact) mass is 340 g/mol. The van der Waals surface area contributed by atoms with Gasteiger partial charge in [0.1, 0.15) is 5.82 Å². The van der Waals surface area contributed by atoms with Crippen LogP contribution < -0.4 is 10.2 Å². The highest BCUT2D eigenvalue weighted by atomic mass is 16.5. The standard InChI is InChI=1S/C19H24N4O2/c1-4-13(2)21-19-20-9-7-17(22-19)23-10-8-14-11-15(18(24)25-3)5-6-16(14)12-23/h5-7,9,11,13H,4,8,10,12H2,1-3H3,(H,20,21,22)/t13-/m0/s1. The number of esters is 1. The fraction of sp³-hybridized carbons (Fsp3) is 0.421. The highest BCUT2D eigenvalue weighted by Gasteiger charge is 2.19. The molecule has 1 aromatic carbocycles. The van der Waals surface area contributed by atoms with E-state index in [1.807, 2.05) is 24.3 Å². The summed E-state index contributed by atoms with van der Waals surface area (Å²) in [6.45, 7) is 5.88. The Morgan fingerprint density at radius 1 is 1.36 bits per heavy atom. The van der Waals surface area contributed by atoms with Crippen LogP contribution in [0.2, 0.25) is 0 Å². The molecular formula is C19H24N4O2. The van der Waals surface area contributed by atoms with Crippen molar-refractivity contribution < 1.29 is 9.53 Å². The maximum Gasteiger partial charge on any atom is 0.337 e. The van der Waals surface area contributed by atoms with Crippen LogP contribution in [0.3, 0.4) is 0 Å². The van der Waals surface area contributed by atoms with E-state index in [4.69, 9.17) is 4.74 Å². The van der Waals surface area contributed by atoms with E-state index in [0.29, 0.717) is 17.6 Å². The molecule has 2 aromatic rings. The van der Waals surface area contributed by atoms with E-state index in [-0.39, 0.29) is 5.97 Å². The van der Waals surface area contributed by atoms with Crippen LogP contribution in [0.15, 0.2) is 30.5 Å². The van der Waals surface area contributed by atoms with E-state index in [2.05, 4.69) is 34.0 Å². The molecule has 0 radical (unpaired) electrons. The number of rotatable bonds is 5. The topological polar surface area (TPSA) is 67.4 Å². The molecule has 1 aliphatic rings. The molecule has 0 fully saturated rings. The second-order valence-corrected chi connectivity index (χ2v) is 6.34. The summed E-state index contributed by atoms with van der Waals surface area (Å²) in [5, 5.41) is 3.32. The van der Waals surface area contributed by atoms with Gasteiger partial charge in [0.05, 0.1) is 12.7 Å². The number of aromatic nitrogens is 2. The molecule has 1 aromatic heterocycles. The highest BCUT2D eigenvalue weighted by Crippen LogP contribution is 2.24. The van der Waals surface area contributed by atoms with Gasteiger partial charge in [0.2, 0.25) is 5.95 Å². The molecule has 1 N–H and O–H groups in total. The third-order valence-corrected chi connectivity index (χ3v) is 4.59. The molecule has 3 rings (SSSR count). The van der Waals surface area contributed by atoms with Crippen LogP contribution in [-0.2, 0) is 17.7 Å². The van der Waals surface area contributed by atoms with Crippen molar-refractivity contribution in [2.75, 3.05) is 23.9 Å². The summed E-state index contributed by atoms with van der Waals surface area (Å²) < 4.78 is 4.80. The molecule has 25 heavy (non-hydrogen) atoms. The number of fused-ring (bicyclic) bond motifs is 1. The van der Waals surface area contributed by atoms with Crippen molar-refractivity contribution in [3.8, 4) is 0 Å². The maximum atomic E-state index is 11.7. The Morgan fingerprint density at radius 2 is 2.20 bits per heavy atom. The summed E-state index contributed by atoms with van der Waals surface area (Å²) in [5.41, 5.74) is 3.02. The van der Waals surface area contributed by atoms with Gasteiger partial charge in [-0.25, -0.2) is 9.78 Å². The van der Waals surface area contributed by atoms with Gasteiger partial charge in [-0.05, 0) is 49.1 Å². The fourth-order valence-corrected chi connectivity index (χ4v) is 2.91. The van der Waals surface area contributed by atoms with Gasteiger partial charge in [-0.15, -0.1) is 0 Å². The number of methoxy groups -OCH3 is 1. The van der Waals surface area contributed by atoms with Gasteiger partial charge >= 0.3 is 5.97 Å². The van der Waals surface area contributed by atoms with Crippen LogP contribution in [0.4, 0.5) is 11.8 Å². The minimum Gasteiger partial charge on any atom is -0.465 e. The van der Waals surface area contributed by atoms with E-state index in [1.54, 1.807) is 6.20 Å². The molecular weight excluding hydrogens is 316 g/mol. The minimum absolute atomic E-state index is 0.290. The van der Waals surface area contributed by atoms with E-state index < -0.39 is 0 Å². The van der Waals surface area contributed by atoms with Gasteiger partial charge in [-0.2, -0.15) is 4.98 Å². The first-order valence-electron chi connectivity index (χ1n) is 8.65. The summed E-state index contributed by atoms with van der Waals surface area (Å²) >= 11 is 0. The van der Waals surface area contributed by atoms with Crippen molar-refractivity contribution in [2.45, 2.75) is 39.3 Å². The third-order valence-electron chi connectivity index (χ3n) is 4.59. The van der Waals surface area contributed by atoms with E-state index >= 15 is 0 Å². The van der Waals surface area contributed by atoms with Gasteiger partial charge < -0.3 is 15.0 Å². The zero-order valence-electron chi connectivity index (χ0n) is 15.0. The number of hydrogen-bond acceptors (Lipinski definition) is 6. The molecule has 132 valence electrons. The number of anilines is 2. The average Bonchev–Trinajstić information content (AvgIpc) is 2.66. The molecule has 0 saturated heterocycles. The number of ether oxygens (including phenoxy) is 1. The lowest BCUT2D eigenvalue weighted by molar-refractivity contribution is 0.0600. The molecule has 0 amide bonds. The lowest BCUT2D eigenvalue weighted by Gasteiger charge is -2.30. The Bertz CT molecular complexity index is 763. The minimum atomic E-state index is -0.290. The Morgan fingerprint density at radius 3 is 2.96 bits per heavy atom. The molecule has 6 nitrogen and oxygen atoms in total. The number of nitrogens with zero attached hydrogens (tertiary/aromatic N) is 3. The second kappa shape index (κ2) is 7.51. The summed E-state index contributed by atoms with van der Waals surface area (Å²) in [5.74, 6) is 1.30. The predicted molar refractivity (Wildman–Crippen MR) is 97.9 cm³/mol. The van der Waals surface area contributed by atoms with Gasteiger partial charge in [-0.3, -0.25) is 0 Å². The zero-order valence-corrected chi connectivity index (χ0v) is 15.0. The smallest absolute Gasteiger partial charge is 0.337 e. The number of benzene rings is 1. The SMILES string of the molecule is CC[C@H](C)Nc1nccc(N2CCc3cc(C(=O)OC)ccc3C2)n1. The van der Waals surface area contributed by atoms with E-state index in [9.17, 15) is 4.79 Å². The largest absolute Gasteiger partial charge is 0.465 e. The Labute approximate surface area is 148 Å². The Kier molecular flexibility index (Phi) is 5.16. The normalized spacial score (nSPS) is 14.6. The highest BCUT2D eigenvalue weighted by molar-refractivity contribution is 5.89. The molecule has 6 heteroatoms. The third kappa shape index (κ3) is 3.90. The number of nitrogens with one attached hydrogen (secondary N) is 1. The van der Waals surface area contributed by atoms with Gasteiger partial charge in [-0.1, -0.05) is 13.0 Å². The Hall–Kier alpha value is -2.63. The molecule has 0 bridgehead atoms. The predicted octanol–water partition coefficient (Wildman–Crippen LogP) is 3.04. The number of carbonyl (C=O) groups excluding carboxylic acids is 1. The first-order chi connectivity index (χ1) is 12.1. The number of carbonyl (C=O) groups is 1. The fourth-order valence-electron chi connectivity index (χ4n) is 2.91. The lowest BCUT2D eigenvalue weighted by atomic mass is 9.97. The van der Waals surface area contributed by atoms with Crippen LogP contribution >= 0.6 is 0 Å². The van der Waals surface area contributed by atoms with Crippen LogP contribution in [0.5, 0.6) is 0 Å². The summed E-state index contributed by atoms with van der Waals surface area (Å²) in [6.07, 6.45) is 3.69. The maximum absolute atomic E-state index is 11.7. The quantitative estimate of drug-likeness (QED) is 0.844. The number of hydrogen-bond donors (Lipinski definition) is 1. The van der Waals surface area contributed by atoms with Gasteiger partial charge in [0, 0.05) is 25.3 Å². The van der Waals surface area contributed by atoms with Crippen molar-refractivity contribution in [1.82, 2.24) is 9.97 Å². The molecule has 1 atom stereocenters. The van der Waals surface area contributed by atoms with Crippen LogP contribution in [0, 0.1) is 0 Å². The van der Waals surface area contributed by atoms with E-state index in [1.165, 1.54) is 18.2 Å². The lowest BCUT2D eigenvalue weighted by Crippen LogP contribution is -2.31. The molecule has 0 saturated carbocycles. The summed E-state index contributed by atoms with van der Waals surface area (Å²) in [4.78, 5) is 22.9. The molecule has 0 unspecified atom stereocenters. The zero-order chi connectivity index (χ0) is 17.8. The van der Waals surface area contributed by atoms with Crippen molar-refractivity contribution in [3.05, 3.63) is 47.2 Å². The molecule has 2 heterocycles. The van der Waals surface area contributed by atoms with Crippen molar-refractivity contribution in [1.29, 1.82) is 0 Å².